The van der Waals surface area contributed by atoms with Gasteiger partial charge in [0.05, 0.1) is 37.9 Å². The van der Waals surface area contributed by atoms with Crippen molar-refractivity contribution in [2.75, 3.05) is 39.4 Å². The Morgan fingerprint density at radius 3 is 2.32 bits per heavy atom. The summed E-state index contributed by atoms with van der Waals surface area (Å²) in [6.07, 6.45) is 5.88. The molecule has 4 atom stereocenters. The van der Waals surface area contributed by atoms with Crippen molar-refractivity contribution in [1.82, 2.24) is 9.80 Å². The molecule has 5 rings (SSSR count). The molecule has 0 radical (unpaired) electrons. The number of hydrogen-bond acceptors (Lipinski definition) is 5. The largest absolute Gasteiger partial charge is 0.389 e. The number of nitrogens with zero attached hydrogens (tertiary/aromatic N) is 2. The molecule has 1 N–H and O–H groups in total. The first kappa shape index (κ1) is 26.4. The van der Waals surface area contributed by atoms with Gasteiger partial charge in [0.25, 0.3) is 0 Å². The molecule has 0 bridgehead atoms. The Bertz CT molecular complexity index is 964. The first-order chi connectivity index (χ1) is 18.1. The quantitative estimate of drug-likeness (QED) is 0.620. The topological polar surface area (TPSA) is 62.2 Å². The minimum Gasteiger partial charge on any atom is -0.389 e. The van der Waals surface area contributed by atoms with Crippen molar-refractivity contribution in [3.05, 3.63) is 71.8 Å². The number of ether oxygens (including phenoxy) is 2. The highest BCUT2D eigenvalue weighted by Gasteiger charge is 2.38. The normalized spacial score (nSPS) is 27.8. The van der Waals surface area contributed by atoms with E-state index in [1.54, 1.807) is 0 Å². The highest BCUT2D eigenvalue weighted by atomic mass is 16.5. The maximum absolute atomic E-state index is 13.2. The molecule has 0 spiro atoms. The van der Waals surface area contributed by atoms with E-state index in [1.165, 1.54) is 11.1 Å². The SMILES string of the molecule is O=C(C[C@@H]1CC[C@@H]2[C@H](COC[C@@H](O)CN2CCc2ccccc2)O1)N1CCC(Cc2ccccc2)CC1. The zero-order valence-electron chi connectivity index (χ0n) is 21.9. The summed E-state index contributed by atoms with van der Waals surface area (Å²) >= 11 is 0. The maximum atomic E-state index is 13.2. The number of likely N-dealkylation sites (tertiary alicyclic amines) is 1. The monoisotopic (exact) mass is 506 g/mol. The van der Waals surface area contributed by atoms with Crippen LogP contribution in [0.5, 0.6) is 0 Å². The van der Waals surface area contributed by atoms with Gasteiger partial charge < -0.3 is 19.5 Å². The highest BCUT2D eigenvalue weighted by Crippen LogP contribution is 2.29. The van der Waals surface area contributed by atoms with Crippen molar-refractivity contribution in [3.63, 3.8) is 0 Å². The third-order valence-electron chi connectivity index (χ3n) is 8.35. The lowest BCUT2D eigenvalue weighted by atomic mass is 9.89. The van der Waals surface area contributed by atoms with E-state index in [0.717, 1.165) is 58.2 Å². The number of fused-ring (bicyclic) bond motifs is 1. The van der Waals surface area contributed by atoms with Gasteiger partial charge in [-0.2, -0.15) is 0 Å². The molecule has 0 aliphatic carbocycles. The number of rotatable bonds is 7. The summed E-state index contributed by atoms with van der Waals surface area (Å²) in [6.45, 7) is 3.98. The molecule has 3 aliphatic rings. The summed E-state index contributed by atoms with van der Waals surface area (Å²) in [6, 6.07) is 21.4. The third-order valence-corrected chi connectivity index (χ3v) is 8.35. The van der Waals surface area contributed by atoms with E-state index in [9.17, 15) is 9.90 Å². The van der Waals surface area contributed by atoms with Gasteiger partial charge >= 0.3 is 0 Å². The zero-order chi connectivity index (χ0) is 25.5. The number of carbonyl (C=O) groups excluding carboxylic acids is 1. The van der Waals surface area contributed by atoms with Gasteiger partial charge in [-0.25, -0.2) is 0 Å². The minimum absolute atomic E-state index is 0.0558. The fraction of sp³-hybridized carbons (Fsp3) is 0.581. The van der Waals surface area contributed by atoms with Crippen molar-refractivity contribution >= 4 is 5.91 Å². The molecule has 3 heterocycles. The van der Waals surface area contributed by atoms with E-state index in [4.69, 9.17) is 9.47 Å². The molecule has 0 unspecified atom stereocenters. The Labute approximate surface area is 221 Å². The van der Waals surface area contributed by atoms with Crippen LogP contribution in [-0.2, 0) is 27.1 Å². The van der Waals surface area contributed by atoms with Crippen LogP contribution in [0, 0.1) is 5.92 Å². The third kappa shape index (κ3) is 7.41. The second-order valence-corrected chi connectivity index (χ2v) is 11.1. The maximum Gasteiger partial charge on any atom is 0.225 e. The van der Waals surface area contributed by atoms with Gasteiger partial charge in [-0.1, -0.05) is 60.7 Å². The molecule has 2 aromatic rings. The molecule has 2 aromatic carbocycles. The van der Waals surface area contributed by atoms with Crippen molar-refractivity contribution in [2.24, 2.45) is 5.92 Å². The summed E-state index contributed by atoms with van der Waals surface area (Å²) < 4.78 is 12.3. The van der Waals surface area contributed by atoms with Gasteiger partial charge in [0.1, 0.15) is 0 Å². The zero-order valence-corrected chi connectivity index (χ0v) is 21.9. The van der Waals surface area contributed by atoms with Crippen molar-refractivity contribution in [3.8, 4) is 0 Å². The Morgan fingerprint density at radius 1 is 0.892 bits per heavy atom. The predicted molar refractivity (Wildman–Crippen MR) is 144 cm³/mol. The average molecular weight is 507 g/mol. The number of aliphatic hydroxyl groups is 1. The van der Waals surface area contributed by atoms with E-state index in [2.05, 4.69) is 59.5 Å². The highest BCUT2D eigenvalue weighted by molar-refractivity contribution is 5.76. The van der Waals surface area contributed by atoms with Crippen LogP contribution in [0.2, 0.25) is 0 Å². The van der Waals surface area contributed by atoms with Crippen LogP contribution in [0.4, 0.5) is 0 Å². The molecule has 37 heavy (non-hydrogen) atoms. The van der Waals surface area contributed by atoms with Crippen LogP contribution in [0.1, 0.15) is 43.2 Å². The van der Waals surface area contributed by atoms with Crippen LogP contribution in [0.3, 0.4) is 0 Å². The van der Waals surface area contributed by atoms with E-state index in [1.807, 2.05) is 11.0 Å². The van der Waals surface area contributed by atoms with Gasteiger partial charge in [0.15, 0.2) is 0 Å². The first-order valence-corrected chi connectivity index (χ1v) is 14.1. The number of hydrogen-bond donors (Lipinski definition) is 1. The van der Waals surface area contributed by atoms with Crippen molar-refractivity contribution < 1.29 is 19.4 Å². The Morgan fingerprint density at radius 2 is 1.59 bits per heavy atom. The molecule has 0 saturated carbocycles. The lowest BCUT2D eigenvalue weighted by Gasteiger charge is -2.45. The Kier molecular flexibility index (Phi) is 9.27. The number of carbonyl (C=O) groups is 1. The first-order valence-electron chi connectivity index (χ1n) is 14.1. The average Bonchev–Trinajstić information content (AvgIpc) is 2.92. The summed E-state index contributed by atoms with van der Waals surface area (Å²) in [7, 11) is 0. The van der Waals surface area contributed by atoms with Crippen LogP contribution in [-0.4, -0.2) is 84.6 Å². The Balaban J connectivity index is 1.11. The van der Waals surface area contributed by atoms with Crippen LogP contribution < -0.4 is 0 Å². The molecule has 6 heteroatoms. The lowest BCUT2D eigenvalue weighted by molar-refractivity contribution is -0.160. The standard InChI is InChI=1S/C31H42N2O4/c34-27-21-33(18-13-24-7-3-1-4-8-24)29-12-11-28(37-30(29)23-36-22-27)20-31(35)32-16-14-26(15-17-32)19-25-9-5-2-6-10-25/h1-10,26-30,34H,11-23H2/t27-,28-,29+,30-/m0/s1. The molecule has 0 aromatic heterocycles. The van der Waals surface area contributed by atoms with Crippen LogP contribution in [0.25, 0.3) is 0 Å². The molecule has 6 nitrogen and oxygen atoms in total. The number of amides is 1. The van der Waals surface area contributed by atoms with Gasteiger partial charge in [0, 0.05) is 32.2 Å². The van der Waals surface area contributed by atoms with E-state index in [0.29, 0.717) is 32.1 Å². The van der Waals surface area contributed by atoms with E-state index in [-0.39, 0.29) is 24.2 Å². The van der Waals surface area contributed by atoms with Gasteiger partial charge in [0.2, 0.25) is 5.91 Å². The van der Waals surface area contributed by atoms with Gasteiger partial charge in [-0.3, -0.25) is 9.69 Å². The fourth-order valence-corrected chi connectivity index (χ4v) is 6.28. The summed E-state index contributed by atoms with van der Waals surface area (Å²) in [4.78, 5) is 17.6. The molecule has 3 saturated heterocycles. The molecule has 3 fully saturated rings. The van der Waals surface area contributed by atoms with E-state index < -0.39 is 6.10 Å². The summed E-state index contributed by atoms with van der Waals surface area (Å²) in [5.41, 5.74) is 2.70. The number of aliphatic hydroxyl groups excluding tert-OH is 1. The van der Waals surface area contributed by atoms with Crippen molar-refractivity contribution in [1.29, 1.82) is 0 Å². The molecule has 1 amide bonds. The fourth-order valence-electron chi connectivity index (χ4n) is 6.28. The molecule has 200 valence electrons. The van der Waals surface area contributed by atoms with Gasteiger partial charge in [-0.15, -0.1) is 0 Å². The lowest BCUT2D eigenvalue weighted by Crippen LogP contribution is -2.56. The van der Waals surface area contributed by atoms with Crippen molar-refractivity contribution in [2.45, 2.75) is 69.3 Å². The second-order valence-electron chi connectivity index (χ2n) is 11.1. The number of β-amino-alcohol motifs (C(OH)–C–C–N with tert-alkyl or cyclic N) is 1. The minimum atomic E-state index is -0.485. The number of benzene rings is 2. The molecular weight excluding hydrogens is 464 g/mol. The smallest absolute Gasteiger partial charge is 0.225 e. The number of piperidine rings is 1. The Hall–Kier alpha value is -2.25. The van der Waals surface area contributed by atoms with Gasteiger partial charge in [-0.05, 0) is 55.6 Å². The molecular formula is C31H42N2O4. The second kappa shape index (κ2) is 13.0. The van der Waals surface area contributed by atoms with Crippen LogP contribution >= 0.6 is 0 Å². The predicted octanol–water partition coefficient (Wildman–Crippen LogP) is 3.71. The van der Waals surface area contributed by atoms with E-state index >= 15 is 0 Å². The molecule has 3 aliphatic heterocycles. The summed E-state index contributed by atoms with van der Waals surface area (Å²) in [5.74, 6) is 0.882. The van der Waals surface area contributed by atoms with Crippen LogP contribution in [0.15, 0.2) is 60.7 Å². The summed E-state index contributed by atoms with van der Waals surface area (Å²) in [5, 5.41) is 10.4.